The molecule has 1 atom stereocenters. The zero-order chi connectivity index (χ0) is 16.2. The summed E-state index contributed by atoms with van der Waals surface area (Å²) in [5.41, 5.74) is 0.385. The molecule has 1 unspecified atom stereocenters. The monoisotopic (exact) mass is 352 g/mol. The molecule has 0 heterocycles. The summed E-state index contributed by atoms with van der Waals surface area (Å²) < 4.78 is 28.1. The first kappa shape index (κ1) is 18.3. The SMILES string of the molecule is CCCC(C)COC(=O)c1cc(Cl)c(C)c(S(=O)(=O)Cl)c1. The Bertz CT molecular complexity index is 626. The first-order valence-corrected chi connectivity index (χ1v) is 9.27. The van der Waals surface area contributed by atoms with E-state index in [4.69, 9.17) is 27.0 Å². The molecule has 0 aliphatic heterocycles. The number of carbonyl (C=O) groups excluding carboxylic acids is 1. The van der Waals surface area contributed by atoms with Crippen LogP contribution in [0.3, 0.4) is 0 Å². The molecule has 0 fully saturated rings. The lowest BCUT2D eigenvalue weighted by atomic mass is 10.1. The third kappa shape index (κ3) is 5.16. The van der Waals surface area contributed by atoms with Gasteiger partial charge in [-0.2, -0.15) is 0 Å². The summed E-state index contributed by atoms with van der Waals surface area (Å²) in [6.45, 7) is 5.83. The van der Waals surface area contributed by atoms with Gasteiger partial charge in [-0.15, -0.1) is 0 Å². The van der Waals surface area contributed by atoms with E-state index in [1.807, 2.05) is 6.92 Å². The van der Waals surface area contributed by atoms with Crippen molar-refractivity contribution in [2.75, 3.05) is 6.61 Å². The lowest BCUT2D eigenvalue weighted by Gasteiger charge is -2.12. The van der Waals surface area contributed by atoms with Gasteiger partial charge in [0.1, 0.15) is 0 Å². The van der Waals surface area contributed by atoms with Crippen LogP contribution in [0.4, 0.5) is 0 Å². The molecule has 0 saturated carbocycles. The van der Waals surface area contributed by atoms with E-state index in [2.05, 4.69) is 6.92 Å². The van der Waals surface area contributed by atoms with Crippen LogP contribution in [0.25, 0.3) is 0 Å². The highest BCUT2D eigenvalue weighted by Gasteiger charge is 2.20. The van der Waals surface area contributed by atoms with Gasteiger partial charge in [0.15, 0.2) is 0 Å². The van der Waals surface area contributed by atoms with Crippen molar-refractivity contribution in [3.63, 3.8) is 0 Å². The van der Waals surface area contributed by atoms with E-state index in [1.54, 1.807) is 0 Å². The average molecular weight is 353 g/mol. The highest BCUT2D eigenvalue weighted by molar-refractivity contribution is 8.13. The zero-order valence-corrected chi connectivity index (χ0v) is 14.5. The smallest absolute Gasteiger partial charge is 0.338 e. The third-order valence-corrected chi connectivity index (χ3v) is 4.92. The van der Waals surface area contributed by atoms with Crippen LogP contribution < -0.4 is 0 Å². The quantitative estimate of drug-likeness (QED) is 0.569. The molecule has 4 nitrogen and oxygen atoms in total. The summed E-state index contributed by atoms with van der Waals surface area (Å²) in [5, 5.41) is 0.158. The summed E-state index contributed by atoms with van der Waals surface area (Å²) >= 11 is 5.95. The van der Waals surface area contributed by atoms with E-state index in [9.17, 15) is 13.2 Å². The Kier molecular flexibility index (Phi) is 6.50. The molecule has 21 heavy (non-hydrogen) atoms. The predicted octanol–water partition coefficient (Wildman–Crippen LogP) is 4.17. The Morgan fingerprint density at radius 2 is 2.00 bits per heavy atom. The molecule has 0 radical (unpaired) electrons. The highest BCUT2D eigenvalue weighted by Crippen LogP contribution is 2.28. The van der Waals surface area contributed by atoms with Crippen LogP contribution in [-0.4, -0.2) is 21.0 Å². The summed E-state index contributed by atoms with van der Waals surface area (Å²) in [7, 11) is 1.37. The largest absolute Gasteiger partial charge is 0.462 e. The van der Waals surface area contributed by atoms with Crippen molar-refractivity contribution >= 4 is 37.3 Å². The van der Waals surface area contributed by atoms with E-state index in [-0.39, 0.29) is 28.0 Å². The van der Waals surface area contributed by atoms with Crippen LogP contribution in [0.1, 0.15) is 42.6 Å². The molecule has 0 aromatic heterocycles. The van der Waals surface area contributed by atoms with Crippen molar-refractivity contribution in [1.82, 2.24) is 0 Å². The van der Waals surface area contributed by atoms with E-state index in [1.165, 1.54) is 19.1 Å². The summed E-state index contributed by atoms with van der Waals surface area (Å²) in [4.78, 5) is 11.8. The topological polar surface area (TPSA) is 60.4 Å². The minimum atomic E-state index is -3.97. The summed E-state index contributed by atoms with van der Waals surface area (Å²) in [6.07, 6.45) is 1.95. The second-order valence-corrected chi connectivity index (χ2v) is 7.95. The van der Waals surface area contributed by atoms with Crippen molar-refractivity contribution in [3.8, 4) is 0 Å². The molecule has 118 valence electrons. The molecule has 0 bridgehead atoms. The Hall–Kier alpha value is -0.780. The van der Waals surface area contributed by atoms with Gasteiger partial charge in [0.2, 0.25) is 0 Å². The number of esters is 1. The molecule has 1 aromatic rings. The van der Waals surface area contributed by atoms with Crippen molar-refractivity contribution in [3.05, 3.63) is 28.3 Å². The van der Waals surface area contributed by atoms with E-state index in [0.717, 1.165) is 12.8 Å². The lowest BCUT2D eigenvalue weighted by molar-refractivity contribution is 0.0443. The zero-order valence-electron chi connectivity index (χ0n) is 12.2. The Morgan fingerprint density at radius 3 is 2.52 bits per heavy atom. The number of halogens is 2. The van der Waals surface area contributed by atoms with Gasteiger partial charge in [-0.25, -0.2) is 13.2 Å². The van der Waals surface area contributed by atoms with Crippen molar-refractivity contribution in [2.24, 2.45) is 5.92 Å². The molecule has 0 amide bonds. The van der Waals surface area contributed by atoms with Gasteiger partial charge >= 0.3 is 5.97 Å². The molecular formula is C14H18Cl2O4S. The van der Waals surface area contributed by atoms with Crippen LogP contribution in [-0.2, 0) is 13.8 Å². The van der Waals surface area contributed by atoms with E-state index < -0.39 is 15.0 Å². The predicted molar refractivity (Wildman–Crippen MR) is 83.6 cm³/mol. The van der Waals surface area contributed by atoms with Crippen LogP contribution in [0, 0.1) is 12.8 Å². The first-order chi connectivity index (χ1) is 9.66. The maximum atomic E-state index is 12.0. The fourth-order valence-electron chi connectivity index (χ4n) is 1.90. The molecular weight excluding hydrogens is 335 g/mol. The number of hydrogen-bond acceptors (Lipinski definition) is 4. The maximum Gasteiger partial charge on any atom is 0.338 e. The number of rotatable bonds is 6. The molecule has 7 heteroatoms. The third-order valence-electron chi connectivity index (χ3n) is 3.08. The van der Waals surface area contributed by atoms with Gasteiger partial charge in [-0.05, 0) is 37.0 Å². The van der Waals surface area contributed by atoms with Crippen LogP contribution in [0.2, 0.25) is 5.02 Å². The minimum absolute atomic E-state index is 0.0773. The standard InChI is InChI=1S/C14H18Cl2O4S/c1-4-5-9(2)8-20-14(17)11-6-12(15)10(3)13(7-11)21(16,18)19/h6-7,9H,4-5,8H2,1-3H3. The summed E-state index contributed by atoms with van der Waals surface area (Å²) in [6, 6.07) is 2.58. The fraction of sp³-hybridized carbons (Fsp3) is 0.500. The van der Waals surface area contributed by atoms with Gasteiger partial charge in [-0.3, -0.25) is 0 Å². The lowest BCUT2D eigenvalue weighted by Crippen LogP contribution is -2.13. The molecule has 0 aliphatic rings. The molecule has 0 spiro atoms. The molecule has 0 aliphatic carbocycles. The van der Waals surface area contributed by atoms with Crippen LogP contribution >= 0.6 is 22.3 Å². The highest BCUT2D eigenvalue weighted by atomic mass is 35.7. The fourth-order valence-corrected chi connectivity index (χ4v) is 3.40. The second-order valence-electron chi connectivity index (χ2n) is 5.01. The second kappa shape index (κ2) is 7.47. The van der Waals surface area contributed by atoms with E-state index in [0.29, 0.717) is 5.56 Å². The number of ether oxygens (including phenoxy) is 1. The Morgan fingerprint density at radius 1 is 1.38 bits per heavy atom. The molecule has 0 saturated heterocycles. The van der Waals surface area contributed by atoms with Gasteiger partial charge < -0.3 is 4.74 Å². The van der Waals surface area contributed by atoms with Gasteiger partial charge in [0.25, 0.3) is 9.05 Å². The maximum absolute atomic E-state index is 12.0. The van der Waals surface area contributed by atoms with Crippen LogP contribution in [0.5, 0.6) is 0 Å². The normalized spacial score (nSPS) is 13.0. The van der Waals surface area contributed by atoms with Gasteiger partial charge in [0, 0.05) is 15.7 Å². The van der Waals surface area contributed by atoms with Crippen molar-refractivity contribution < 1.29 is 17.9 Å². The van der Waals surface area contributed by atoms with Gasteiger partial charge in [0.05, 0.1) is 17.1 Å². The minimum Gasteiger partial charge on any atom is -0.462 e. The molecule has 1 rings (SSSR count). The summed E-state index contributed by atoms with van der Waals surface area (Å²) in [5.74, 6) is -0.363. The van der Waals surface area contributed by atoms with Crippen LogP contribution in [0.15, 0.2) is 17.0 Å². The van der Waals surface area contributed by atoms with Crippen molar-refractivity contribution in [2.45, 2.75) is 38.5 Å². The number of benzene rings is 1. The van der Waals surface area contributed by atoms with Crippen molar-refractivity contribution in [1.29, 1.82) is 0 Å². The number of carbonyl (C=O) groups is 1. The number of hydrogen-bond donors (Lipinski definition) is 0. The molecule has 1 aromatic carbocycles. The average Bonchev–Trinajstić information content (AvgIpc) is 2.38. The van der Waals surface area contributed by atoms with Gasteiger partial charge in [-0.1, -0.05) is 31.9 Å². The first-order valence-electron chi connectivity index (χ1n) is 6.58. The molecule has 0 N–H and O–H groups in total. The Labute approximate surface area is 134 Å². The van der Waals surface area contributed by atoms with E-state index >= 15 is 0 Å². The Balaban J connectivity index is 2.99.